The Labute approximate surface area is 184 Å². The molecule has 0 saturated carbocycles. The minimum Gasteiger partial charge on any atom is -0.458 e. The molecule has 0 aliphatic carbocycles. The van der Waals surface area contributed by atoms with E-state index < -0.39 is 22.0 Å². The van der Waals surface area contributed by atoms with Crippen LogP contribution < -0.4 is 5.56 Å². The Morgan fingerprint density at radius 3 is 2.71 bits per heavy atom. The number of benzene rings is 1. The largest absolute Gasteiger partial charge is 0.458 e. The van der Waals surface area contributed by atoms with Crippen LogP contribution in [-0.2, 0) is 26.2 Å². The van der Waals surface area contributed by atoms with Crippen LogP contribution in [0.15, 0.2) is 58.4 Å². The third-order valence-electron chi connectivity index (χ3n) is 5.12. The van der Waals surface area contributed by atoms with E-state index in [0.29, 0.717) is 29.2 Å². The highest BCUT2D eigenvalue weighted by atomic mass is 35.5. The molecule has 1 atom stereocenters. The van der Waals surface area contributed by atoms with Gasteiger partial charge < -0.3 is 4.74 Å². The molecule has 4 rings (SSSR count). The fourth-order valence-electron chi connectivity index (χ4n) is 3.58. The van der Waals surface area contributed by atoms with Crippen molar-refractivity contribution in [2.24, 2.45) is 0 Å². The van der Waals surface area contributed by atoms with Crippen LogP contribution in [0.1, 0.15) is 24.1 Å². The molecule has 1 aliphatic rings. The molecule has 0 spiro atoms. The number of aryl methyl sites for hydroxylation is 1. The number of sulfonamides is 1. The predicted molar refractivity (Wildman–Crippen MR) is 114 cm³/mol. The first kappa shape index (κ1) is 21.5. The summed E-state index contributed by atoms with van der Waals surface area (Å²) < 4.78 is 33.9. The normalized spacial score (nSPS) is 17.2. The summed E-state index contributed by atoms with van der Waals surface area (Å²) >= 11 is 5.84. The number of hydrogen-bond acceptors (Lipinski definition) is 6. The highest BCUT2D eigenvalue weighted by Crippen LogP contribution is 2.27. The van der Waals surface area contributed by atoms with E-state index in [1.165, 1.54) is 34.7 Å². The Kier molecular flexibility index (Phi) is 5.83. The summed E-state index contributed by atoms with van der Waals surface area (Å²) in [4.78, 5) is 29.4. The fraction of sp³-hybridized carbons (Fsp3) is 0.286. The first-order valence-corrected chi connectivity index (χ1v) is 11.5. The summed E-state index contributed by atoms with van der Waals surface area (Å²) in [5, 5.41) is 0.422. The fourth-order valence-corrected chi connectivity index (χ4v) is 5.35. The second-order valence-corrected chi connectivity index (χ2v) is 9.68. The quantitative estimate of drug-likeness (QED) is 0.541. The number of carbonyl (C=O) groups is 1. The van der Waals surface area contributed by atoms with Crippen LogP contribution in [0.25, 0.3) is 5.65 Å². The molecule has 1 unspecified atom stereocenters. The van der Waals surface area contributed by atoms with Gasteiger partial charge in [0.05, 0.1) is 10.6 Å². The Morgan fingerprint density at radius 1 is 1.23 bits per heavy atom. The predicted octanol–water partition coefficient (Wildman–Crippen LogP) is 2.55. The molecular weight excluding hydrogens is 442 g/mol. The van der Waals surface area contributed by atoms with Crippen LogP contribution in [0.2, 0.25) is 5.02 Å². The monoisotopic (exact) mass is 461 g/mol. The number of rotatable bonds is 5. The van der Waals surface area contributed by atoms with Crippen molar-refractivity contribution in [2.45, 2.75) is 37.3 Å². The van der Waals surface area contributed by atoms with Gasteiger partial charge in [0.2, 0.25) is 10.0 Å². The lowest BCUT2D eigenvalue weighted by atomic mass is 10.2. The molecule has 3 heterocycles. The van der Waals surface area contributed by atoms with E-state index in [9.17, 15) is 18.0 Å². The van der Waals surface area contributed by atoms with E-state index in [4.69, 9.17) is 16.3 Å². The maximum atomic E-state index is 13.0. The summed E-state index contributed by atoms with van der Waals surface area (Å²) in [5.41, 5.74) is 1.37. The zero-order valence-corrected chi connectivity index (χ0v) is 18.3. The molecule has 31 heavy (non-hydrogen) atoms. The van der Waals surface area contributed by atoms with E-state index >= 15 is 0 Å². The lowest BCUT2D eigenvalue weighted by Crippen LogP contribution is -2.41. The van der Waals surface area contributed by atoms with Crippen LogP contribution >= 0.6 is 11.6 Å². The van der Waals surface area contributed by atoms with E-state index in [1.54, 1.807) is 12.3 Å². The Balaban J connectivity index is 1.50. The molecule has 2 aromatic heterocycles. The molecule has 1 fully saturated rings. The number of esters is 1. The highest BCUT2D eigenvalue weighted by Gasteiger charge is 2.40. The van der Waals surface area contributed by atoms with Crippen LogP contribution in [-0.4, -0.2) is 40.7 Å². The number of hydrogen-bond donors (Lipinski definition) is 0. The SMILES string of the molecule is Cc1ccc2nc(COC(=O)C3CCCN3S(=O)(=O)c3ccc(Cl)cc3)cc(=O)n2c1. The number of ether oxygens (including phenoxy) is 1. The van der Waals surface area contributed by atoms with Crippen molar-refractivity contribution in [2.75, 3.05) is 6.54 Å². The molecule has 0 bridgehead atoms. The van der Waals surface area contributed by atoms with Gasteiger partial charge >= 0.3 is 5.97 Å². The van der Waals surface area contributed by atoms with Crippen molar-refractivity contribution in [1.29, 1.82) is 0 Å². The van der Waals surface area contributed by atoms with Crippen LogP contribution in [0.5, 0.6) is 0 Å². The van der Waals surface area contributed by atoms with Gasteiger partial charge in [-0.2, -0.15) is 4.31 Å². The second kappa shape index (κ2) is 8.41. The van der Waals surface area contributed by atoms with Gasteiger partial charge in [-0.05, 0) is 55.7 Å². The molecule has 0 amide bonds. The topological polar surface area (TPSA) is 98.0 Å². The zero-order valence-electron chi connectivity index (χ0n) is 16.7. The van der Waals surface area contributed by atoms with Crippen molar-refractivity contribution in [3.8, 4) is 0 Å². The average Bonchev–Trinajstić information content (AvgIpc) is 3.24. The third kappa shape index (κ3) is 4.34. The number of nitrogens with zero attached hydrogens (tertiary/aromatic N) is 3. The van der Waals surface area contributed by atoms with Crippen LogP contribution in [0, 0.1) is 6.92 Å². The highest BCUT2D eigenvalue weighted by molar-refractivity contribution is 7.89. The standard InChI is InChI=1S/C21H20ClN3O5S/c1-14-4-9-19-23-16(11-20(26)24(19)12-14)13-30-21(27)18-3-2-10-25(18)31(28,29)17-7-5-15(22)6-8-17/h4-9,11-12,18H,2-3,10,13H2,1H3. The van der Waals surface area contributed by atoms with Gasteiger partial charge in [-0.25, -0.2) is 13.4 Å². The third-order valence-corrected chi connectivity index (χ3v) is 7.29. The minimum absolute atomic E-state index is 0.0658. The summed E-state index contributed by atoms with van der Waals surface area (Å²) in [6.07, 6.45) is 2.58. The molecule has 0 N–H and O–H groups in total. The molecule has 0 radical (unpaired) electrons. The smallest absolute Gasteiger partial charge is 0.324 e. The number of pyridine rings is 1. The summed E-state index contributed by atoms with van der Waals surface area (Å²) in [6, 6.07) is 9.71. The zero-order chi connectivity index (χ0) is 22.2. The van der Waals surface area contributed by atoms with Gasteiger partial charge in [0, 0.05) is 23.8 Å². The lowest BCUT2D eigenvalue weighted by Gasteiger charge is -2.22. The van der Waals surface area contributed by atoms with Crippen molar-refractivity contribution in [3.05, 3.63) is 75.3 Å². The van der Waals surface area contributed by atoms with Gasteiger partial charge in [0.15, 0.2) is 0 Å². The molecule has 1 saturated heterocycles. The second-order valence-electron chi connectivity index (χ2n) is 7.36. The van der Waals surface area contributed by atoms with Crippen LogP contribution in [0.3, 0.4) is 0 Å². The Bertz CT molecular complexity index is 1300. The van der Waals surface area contributed by atoms with Gasteiger partial charge in [0.1, 0.15) is 18.3 Å². The maximum absolute atomic E-state index is 13.0. The Morgan fingerprint density at radius 2 is 1.97 bits per heavy atom. The van der Waals surface area contributed by atoms with Crippen molar-refractivity contribution < 1.29 is 17.9 Å². The number of carbonyl (C=O) groups excluding carboxylic acids is 1. The van der Waals surface area contributed by atoms with E-state index in [2.05, 4.69) is 4.98 Å². The molecule has 8 nitrogen and oxygen atoms in total. The number of aromatic nitrogens is 2. The molecule has 1 aromatic carbocycles. The van der Waals surface area contributed by atoms with Crippen molar-refractivity contribution in [3.63, 3.8) is 0 Å². The maximum Gasteiger partial charge on any atom is 0.324 e. The Hall–Kier alpha value is -2.75. The molecule has 162 valence electrons. The van der Waals surface area contributed by atoms with Crippen molar-refractivity contribution >= 4 is 33.2 Å². The van der Waals surface area contributed by atoms with Crippen molar-refractivity contribution in [1.82, 2.24) is 13.7 Å². The van der Waals surface area contributed by atoms with Gasteiger partial charge in [0.25, 0.3) is 5.56 Å². The average molecular weight is 462 g/mol. The summed E-state index contributed by atoms with van der Waals surface area (Å²) in [5.74, 6) is -0.666. The minimum atomic E-state index is -3.87. The summed E-state index contributed by atoms with van der Waals surface area (Å²) in [6.45, 7) is 1.87. The molecule has 3 aromatic rings. The van der Waals surface area contributed by atoms with Crippen LogP contribution in [0.4, 0.5) is 0 Å². The first-order valence-electron chi connectivity index (χ1n) is 9.69. The number of fused-ring (bicyclic) bond motifs is 1. The van der Waals surface area contributed by atoms with Gasteiger partial charge in [-0.3, -0.25) is 14.0 Å². The lowest BCUT2D eigenvalue weighted by molar-refractivity contribution is -0.148. The first-order chi connectivity index (χ1) is 14.8. The van der Waals surface area contributed by atoms with E-state index in [-0.39, 0.29) is 23.6 Å². The summed E-state index contributed by atoms with van der Waals surface area (Å²) in [7, 11) is -3.87. The van der Waals surface area contributed by atoms with E-state index in [1.807, 2.05) is 13.0 Å². The van der Waals surface area contributed by atoms with E-state index in [0.717, 1.165) is 9.87 Å². The van der Waals surface area contributed by atoms with Gasteiger partial charge in [-0.15, -0.1) is 0 Å². The molecule has 10 heteroatoms. The number of halogens is 1. The molecule has 1 aliphatic heterocycles. The molecular formula is C21H20ClN3O5S. The van der Waals surface area contributed by atoms with Gasteiger partial charge in [-0.1, -0.05) is 17.7 Å².